The van der Waals surface area contributed by atoms with Gasteiger partial charge in [0, 0.05) is 11.7 Å². The highest BCUT2D eigenvalue weighted by atomic mass is 32.2. The van der Waals surface area contributed by atoms with Crippen LogP contribution in [-0.2, 0) is 19.3 Å². The van der Waals surface area contributed by atoms with Gasteiger partial charge in [-0.15, -0.1) is 0 Å². The summed E-state index contributed by atoms with van der Waals surface area (Å²) in [4.78, 5) is 4.15. The Morgan fingerprint density at radius 3 is 2.30 bits per heavy atom. The Labute approximate surface area is 137 Å². The summed E-state index contributed by atoms with van der Waals surface area (Å²) >= 11 is 0. The van der Waals surface area contributed by atoms with E-state index in [0.717, 1.165) is 0 Å². The van der Waals surface area contributed by atoms with Crippen LogP contribution in [0.2, 0.25) is 0 Å². The van der Waals surface area contributed by atoms with E-state index >= 15 is 0 Å². The third kappa shape index (κ3) is 3.62. The monoisotopic (exact) mass is 342 g/mol. The highest BCUT2D eigenvalue weighted by Crippen LogP contribution is 2.36. The fourth-order valence-electron chi connectivity index (χ4n) is 2.05. The Morgan fingerprint density at radius 2 is 1.83 bits per heavy atom. The minimum absolute atomic E-state index is 0.0448. The average molecular weight is 342 g/mol. The molecule has 0 radical (unpaired) electrons. The molecule has 9 heteroatoms. The number of aromatic nitrogens is 1. The number of methoxy groups -OCH3 is 1. The van der Waals surface area contributed by atoms with Gasteiger partial charge in [-0.25, -0.2) is 13.4 Å². The fourth-order valence-corrected chi connectivity index (χ4v) is 2.68. The van der Waals surface area contributed by atoms with Gasteiger partial charge in [0.2, 0.25) is 15.9 Å². The van der Waals surface area contributed by atoms with E-state index in [2.05, 4.69) is 9.71 Å². The second-order valence-electron chi connectivity index (χ2n) is 6.42. The van der Waals surface area contributed by atoms with Crippen LogP contribution in [0.25, 0.3) is 0 Å². The maximum Gasteiger partial charge on any atom is 0.496 e. The first-order chi connectivity index (χ1) is 10.5. The van der Waals surface area contributed by atoms with Crippen LogP contribution < -0.4 is 14.9 Å². The Kier molecular flexibility index (Phi) is 4.67. The number of sulfonamides is 1. The summed E-state index contributed by atoms with van der Waals surface area (Å²) in [6, 6.07) is 1.63. The van der Waals surface area contributed by atoms with Crippen molar-refractivity contribution in [3.05, 3.63) is 12.3 Å². The van der Waals surface area contributed by atoms with E-state index < -0.39 is 28.3 Å². The van der Waals surface area contributed by atoms with Crippen molar-refractivity contribution in [3.63, 3.8) is 0 Å². The molecule has 0 aliphatic carbocycles. The molecule has 23 heavy (non-hydrogen) atoms. The molecule has 1 aromatic heterocycles. The molecule has 0 saturated carbocycles. The molecule has 1 aliphatic heterocycles. The minimum atomic E-state index is -3.44. The number of nitrogens with one attached hydrogen (secondary N) is 1. The van der Waals surface area contributed by atoms with Gasteiger partial charge in [0.1, 0.15) is 5.69 Å². The molecule has 128 valence electrons. The molecule has 0 aromatic carbocycles. The zero-order valence-electron chi connectivity index (χ0n) is 14.3. The molecule has 0 amide bonds. The van der Waals surface area contributed by atoms with Gasteiger partial charge in [0.05, 0.1) is 24.1 Å². The Bertz CT molecular complexity index is 674. The number of ether oxygens (including phenoxy) is 1. The van der Waals surface area contributed by atoms with Gasteiger partial charge in [0.15, 0.2) is 0 Å². The lowest BCUT2D eigenvalue weighted by atomic mass is 9.80. The minimum Gasteiger partial charge on any atom is -0.480 e. The van der Waals surface area contributed by atoms with Crippen molar-refractivity contribution >= 4 is 28.3 Å². The number of hydrogen-bond acceptors (Lipinski definition) is 6. The number of hydrogen-bond donors (Lipinski definition) is 1. The Morgan fingerprint density at radius 1 is 1.26 bits per heavy atom. The zero-order valence-corrected chi connectivity index (χ0v) is 15.2. The lowest BCUT2D eigenvalue weighted by Gasteiger charge is -2.32. The number of pyridine rings is 1. The molecular formula is C14H23BN2O5S. The molecule has 2 heterocycles. The predicted molar refractivity (Wildman–Crippen MR) is 89.6 cm³/mol. The highest BCUT2D eigenvalue weighted by molar-refractivity contribution is 7.92. The molecule has 1 aromatic rings. The first-order valence-corrected chi connectivity index (χ1v) is 9.06. The molecule has 0 atom stereocenters. The Hall–Kier alpha value is -1.32. The summed E-state index contributed by atoms with van der Waals surface area (Å²) in [6.45, 7) is 9.35. The molecule has 7 nitrogen and oxygen atoms in total. The van der Waals surface area contributed by atoms with Crippen molar-refractivity contribution in [1.29, 1.82) is 0 Å². The predicted octanol–water partition coefficient (Wildman–Crippen LogP) is 1.15. The Balaban J connectivity index is 2.36. The summed E-state index contributed by atoms with van der Waals surface area (Å²) < 4.78 is 43.1. The maximum atomic E-state index is 11.8. The maximum absolute atomic E-state index is 11.8. The van der Waals surface area contributed by atoms with Gasteiger partial charge in [-0.3, -0.25) is 4.72 Å². The standard InChI is InChI=1S/C14H23BN2O5S/c1-7-23(18,19)17-11-8-10(9-16-12(11)20-6)15-21-13(2,3)14(4,5)22-15/h8-9,17H,7H2,1-6H3. The SMILES string of the molecule is CCS(=O)(=O)Nc1cc(B2OC(C)(C)C(C)(C)O2)cnc1OC. The first-order valence-electron chi connectivity index (χ1n) is 7.41. The quantitative estimate of drug-likeness (QED) is 0.808. The number of nitrogens with zero attached hydrogens (tertiary/aromatic N) is 1. The zero-order chi connectivity index (χ0) is 17.5. The van der Waals surface area contributed by atoms with Crippen LogP contribution in [0.3, 0.4) is 0 Å². The lowest BCUT2D eigenvalue weighted by molar-refractivity contribution is 0.00578. The molecule has 0 spiro atoms. The molecule has 0 bridgehead atoms. The first kappa shape index (κ1) is 18.0. The van der Waals surface area contributed by atoms with E-state index in [1.54, 1.807) is 19.2 Å². The van der Waals surface area contributed by atoms with Crippen LogP contribution in [-0.4, -0.2) is 44.6 Å². The summed E-state index contributed by atoms with van der Waals surface area (Å²) in [6.07, 6.45) is 1.56. The molecular weight excluding hydrogens is 319 g/mol. The van der Waals surface area contributed by atoms with Crippen molar-refractivity contribution in [2.45, 2.75) is 45.8 Å². The summed E-state index contributed by atoms with van der Waals surface area (Å²) in [5, 5.41) is 0. The topological polar surface area (TPSA) is 86.8 Å². The van der Waals surface area contributed by atoms with E-state index in [9.17, 15) is 8.42 Å². The molecule has 1 N–H and O–H groups in total. The van der Waals surface area contributed by atoms with Gasteiger partial charge < -0.3 is 14.0 Å². The van der Waals surface area contributed by atoms with Crippen LogP contribution >= 0.6 is 0 Å². The summed E-state index contributed by atoms with van der Waals surface area (Å²) in [5.74, 6) is 0.152. The second-order valence-corrected chi connectivity index (χ2v) is 8.43. The molecule has 2 rings (SSSR count). The molecule has 0 unspecified atom stereocenters. The van der Waals surface area contributed by atoms with Gasteiger partial charge in [-0.2, -0.15) is 0 Å². The average Bonchev–Trinajstić information content (AvgIpc) is 2.67. The van der Waals surface area contributed by atoms with Crippen LogP contribution in [0.5, 0.6) is 5.88 Å². The van der Waals surface area contributed by atoms with Crippen molar-refractivity contribution in [1.82, 2.24) is 4.98 Å². The van der Waals surface area contributed by atoms with Gasteiger partial charge in [0.25, 0.3) is 0 Å². The third-order valence-electron chi connectivity index (χ3n) is 4.24. The smallest absolute Gasteiger partial charge is 0.480 e. The van der Waals surface area contributed by atoms with Gasteiger partial charge in [-0.1, -0.05) is 0 Å². The number of anilines is 1. The molecule has 1 fully saturated rings. The normalized spacial score (nSPS) is 19.7. The second kappa shape index (κ2) is 5.96. The summed E-state index contributed by atoms with van der Waals surface area (Å²) in [7, 11) is -2.63. The van der Waals surface area contributed by atoms with E-state index in [-0.39, 0.29) is 17.3 Å². The van der Waals surface area contributed by atoms with E-state index in [4.69, 9.17) is 14.0 Å². The van der Waals surface area contributed by atoms with E-state index in [1.807, 2.05) is 27.7 Å². The molecule has 1 saturated heterocycles. The lowest BCUT2D eigenvalue weighted by Crippen LogP contribution is -2.41. The van der Waals surface area contributed by atoms with E-state index in [1.165, 1.54) is 7.11 Å². The van der Waals surface area contributed by atoms with Crippen LogP contribution in [0, 0.1) is 0 Å². The molecule has 1 aliphatic rings. The third-order valence-corrected chi connectivity index (χ3v) is 5.53. The van der Waals surface area contributed by atoms with Crippen LogP contribution in [0.1, 0.15) is 34.6 Å². The fraction of sp³-hybridized carbons (Fsp3) is 0.643. The van der Waals surface area contributed by atoms with Crippen molar-refractivity contribution < 1.29 is 22.5 Å². The highest BCUT2D eigenvalue weighted by Gasteiger charge is 2.52. The van der Waals surface area contributed by atoms with Crippen molar-refractivity contribution in [3.8, 4) is 5.88 Å². The van der Waals surface area contributed by atoms with Gasteiger partial charge in [-0.05, 0) is 40.7 Å². The van der Waals surface area contributed by atoms with Crippen LogP contribution in [0.15, 0.2) is 12.3 Å². The van der Waals surface area contributed by atoms with Crippen LogP contribution in [0.4, 0.5) is 5.69 Å². The van der Waals surface area contributed by atoms with Crippen molar-refractivity contribution in [2.24, 2.45) is 0 Å². The van der Waals surface area contributed by atoms with Gasteiger partial charge >= 0.3 is 7.12 Å². The largest absolute Gasteiger partial charge is 0.496 e. The van der Waals surface area contributed by atoms with E-state index in [0.29, 0.717) is 5.46 Å². The summed E-state index contributed by atoms with van der Waals surface area (Å²) in [5.41, 5.74) is -0.0822. The number of rotatable bonds is 5. The van der Waals surface area contributed by atoms with Crippen molar-refractivity contribution in [2.75, 3.05) is 17.6 Å².